The van der Waals surface area contributed by atoms with Crippen molar-refractivity contribution in [2.45, 2.75) is 13.5 Å². The van der Waals surface area contributed by atoms with Gasteiger partial charge in [0.05, 0.1) is 6.21 Å². The molecular weight excluding hydrogens is 328 g/mol. The predicted octanol–water partition coefficient (Wildman–Crippen LogP) is 3.70. The zero-order valence-electron chi connectivity index (χ0n) is 14.5. The highest BCUT2D eigenvalue weighted by Crippen LogP contribution is 2.17. The third-order valence-electron chi connectivity index (χ3n) is 3.64. The van der Waals surface area contributed by atoms with E-state index >= 15 is 0 Å². The minimum Gasteiger partial charge on any atom is -0.367 e. The van der Waals surface area contributed by atoms with E-state index < -0.39 is 0 Å². The van der Waals surface area contributed by atoms with Crippen molar-refractivity contribution in [2.75, 3.05) is 18.0 Å². The molecule has 2 rings (SSSR count). The lowest BCUT2D eigenvalue weighted by Gasteiger charge is -2.23. The zero-order valence-corrected chi connectivity index (χ0v) is 15.3. The highest BCUT2D eigenvalue weighted by molar-refractivity contribution is 7.80. The van der Waals surface area contributed by atoms with Crippen molar-refractivity contribution in [3.8, 4) is 0 Å². The van der Waals surface area contributed by atoms with Gasteiger partial charge in [-0.3, -0.25) is 5.43 Å². The molecule has 2 aromatic rings. The van der Waals surface area contributed by atoms with Gasteiger partial charge in [-0.05, 0) is 42.4 Å². The fourth-order valence-electron chi connectivity index (χ4n) is 2.33. The van der Waals surface area contributed by atoms with E-state index in [1.807, 2.05) is 18.2 Å². The van der Waals surface area contributed by atoms with E-state index in [2.05, 4.69) is 70.6 Å². The maximum atomic E-state index is 5.08. The molecule has 0 spiro atoms. The molecule has 0 aliphatic carbocycles. The number of nitrogens with one attached hydrogen (secondary N) is 2. The van der Waals surface area contributed by atoms with Gasteiger partial charge in [-0.25, -0.2) is 0 Å². The Bertz CT molecular complexity index is 695. The molecule has 0 aliphatic rings. The van der Waals surface area contributed by atoms with Gasteiger partial charge in [0.25, 0.3) is 0 Å². The van der Waals surface area contributed by atoms with Crippen molar-refractivity contribution in [3.05, 3.63) is 78.4 Å². The topological polar surface area (TPSA) is 39.7 Å². The van der Waals surface area contributed by atoms with Crippen molar-refractivity contribution in [2.24, 2.45) is 5.10 Å². The lowest BCUT2D eigenvalue weighted by molar-refractivity contribution is 0.832. The molecule has 0 unspecified atom stereocenters. The number of hydrogen-bond donors (Lipinski definition) is 2. The normalized spacial score (nSPS) is 10.4. The standard InChI is InChI=1S/C20H24N4S/c1-3-14-21-20(25)23-22-15-17-10-12-19(13-11-17)24(4-2)16-18-8-6-5-7-9-18/h3,5-13,15H,1,4,14,16H2,2H3,(H2,21,23,25)/b22-15-. The Morgan fingerprint density at radius 1 is 1.16 bits per heavy atom. The second-order valence-corrected chi connectivity index (χ2v) is 5.87. The molecule has 5 heteroatoms. The predicted molar refractivity (Wildman–Crippen MR) is 111 cm³/mol. The molecule has 0 saturated carbocycles. The molecule has 0 atom stereocenters. The Kier molecular flexibility index (Phi) is 7.66. The molecule has 0 heterocycles. The molecule has 4 nitrogen and oxygen atoms in total. The van der Waals surface area contributed by atoms with Gasteiger partial charge >= 0.3 is 0 Å². The smallest absolute Gasteiger partial charge is 0.187 e. The molecule has 0 fully saturated rings. The summed E-state index contributed by atoms with van der Waals surface area (Å²) in [5, 5.41) is 7.56. The highest BCUT2D eigenvalue weighted by Gasteiger charge is 2.04. The van der Waals surface area contributed by atoms with E-state index in [1.54, 1.807) is 12.3 Å². The molecule has 0 radical (unpaired) electrons. The first kappa shape index (κ1) is 18.7. The van der Waals surface area contributed by atoms with Crippen LogP contribution >= 0.6 is 12.2 Å². The van der Waals surface area contributed by atoms with Crippen LogP contribution in [0.4, 0.5) is 5.69 Å². The Morgan fingerprint density at radius 3 is 2.52 bits per heavy atom. The van der Waals surface area contributed by atoms with Crippen LogP contribution in [0, 0.1) is 0 Å². The van der Waals surface area contributed by atoms with Crippen LogP contribution in [0.25, 0.3) is 0 Å². The van der Waals surface area contributed by atoms with Crippen molar-refractivity contribution in [1.82, 2.24) is 10.7 Å². The second kappa shape index (κ2) is 10.3. The summed E-state index contributed by atoms with van der Waals surface area (Å²) in [4.78, 5) is 2.34. The van der Waals surface area contributed by atoms with Crippen LogP contribution < -0.4 is 15.6 Å². The van der Waals surface area contributed by atoms with E-state index in [0.29, 0.717) is 11.7 Å². The van der Waals surface area contributed by atoms with E-state index in [1.165, 1.54) is 11.3 Å². The van der Waals surface area contributed by atoms with E-state index in [9.17, 15) is 0 Å². The Labute approximate surface area is 155 Å². The Balaban J connectivity index is 1.93. The summed E-state index contributed by atoms with van der Waals surface area (Å²) in [6.45, 7) is 8.26. The van der Waals surface area contributed by atoms with Crippen LogP contribution in [-0.2, 0) is 6.54 Å². The van der Waals surface area contributed by atoms with E-state index in [0.717, 1.165) is 18.7 Å². The first-order valence-electron chi connectivity index (χ1n) is 8.29. The van der Waals surface area contributed by atoms with Crippen molar-refractivity contribution >= 4 is 29.2 Å². The van der Waals surface area contributed by atoms with E-state index in [-0.39, 0.29) is 0 Å². The average Bonchev–Trinajstić information content (AvgIpc) is 2.66. The van der Waals surface area contributed by atoms with Gasteiger partial charge < -0.3 is 10.2 Å². The first-order valence-corrected chi connectivity index (χ1v) is 8.70. The van der Waals surface area contributed by atoms with Crippen LogP contribution in [0.1, 0.15) is 18.1 Å². The molecule has 0 saturated heterocycles. The van der Waals surface area contributed by atoms with Gasteiger partial charge in [0, 0.05) is 25.3 Å². The van der Waals surface area contributed by atoms with Gasteiger partial charge in [0.15, 0.2) is 5.11 Å². The summed E-state index contributed by atoms with van der Waals surface area (Å²) in [6, 6.07) is 18.8. The summed E-state index contributed by atoms with van der Waals surface area (Å²) < 4.78 is 0. The lowest BCUT2D eigenvalue weighted by atomic mass is 10.1. The monoisotopic (exact) mass is 352 g/mol. The number of benzene rings is 2. The van der Waals surface area contributed by atoms with Crippen molar-refractivity contribution in [1.29, 1.82) is 0 Å². The van der Waals surface area contributed by atoms with Gasteiger partial charge in [-0.2, -0.15) is 5.10 Å². The summed E-state index contributed by atoms with van der Waals surface area (Å²) in [6.07, 6.45) is 3.49. The van der Waals surface area contributed by atoms with E-state index in [4.69, 9.17) is 12.2 Å². The van der Waals surface area contributed by atoms with Gasteiger partial charge in [0.1, 0.15) is 0 Å². The molecule has 25 heavy (non-hydrogen) atoms. The summed E-state index contributed by atoms with van der Waals surface area (Å²) in [5.74, 6) is 0. The van der Waals surface area contributed by atoms with Crippen LogP contribution in [0.15, 0.2) is 72.4 Å². The number of rotatable bonds is 8. The average molecular weight is 353 g/mol. The number of hydrazone groups is 1. The molecule has 0 aliphatic heterocycles. The van der Waals surface area contributed by atoms with Crippen LogP contribution in [0.3, 0.4) is 0 Å². The molecule has 2 aromatic carbocycles. The van der Waals surface area contributed by atoms with Crippen LogP contribution in [0.5, 0.6) is 0 Å². The molecule has 0 aromatic heterocycles. The molecule has 0 amide bonds. The summed E-state index contributed by atoms with van der Waals surface area (Å²) in [7, 11) is 0. The number of hydrogen-bond acceptors (Lipinski definition) is 3. The number of anilines is 1. The lowest BCUT2D eigenvalue weighted by Crippen LogP contribution is -2.31. The maximum absolute atomic E-state index is 5.08. The van der Waals surface area contributed by atoms with Crippen molar-refractivity contribution in [3.63, 3.8) is 0 Å². The fourth-order valence-corrected chi connectivity index (χ4v) is 2.47. The number of thiocarbonyl (C=S) groups is 1. The number of nitrogens with zero attached hydrogens (tertiary/aromatic N) is 2. The minimum absolute atomic E-state index is 0.479. The molecule has 130 valence electrons. The molecular formula is C20H24N4S. The van der Waals surface area contributed by atoms with Crippen molar-refractivity contribution < 1.29 is 0 Å². The largest absolute Gasteiger partial charge is 0.367 e. The van der Waals surface area contributed by atoms with Crippen LogP contribution in [-0.4, -0.2) is 24.4 Å². The quantitative estimate of drug-likeness (QED) is 0.329. The summed E-state index contributed by atoms with van der Waals surface area (Å²) >= 11 is 5.08. The maximum Gasteiger partial charge on any atom is 0.187 e. The summed E-state index contributed by atoms with van der Waals surface area (Å²) in [5.41, 5.74) is 6.29. The fraction of sp³-hybridized carbons (Fsp3) is 0.200. The first-order chi connectivity index (χ1) is 12.2. The SMILES string of the molecule is C=CCNC(=S)N/N=C\c1ccc(N(CC)Cc2ccccc2)cc1. The third-order valence-corrected chi connectivity index (χ3v) is 3.88. The Morgan fingerprint density at radius 2 is 1.88 bits per heavy atom. The van der Waals surface area contributed by atoms with Gasteiger partial charge in [0.2, 0.25) is 0 Å². The van der Waals surface area contributed by atoms with Gasteiger partial charge in [-0.15, -0.1) is 6.58 Å². The Hall–Kier alpha value is -2.66. The van der Waals surface area contributed by atoms with Gasteiger partial charge in [-0.1, -0.05) is 48.5 Å². The second-order valence-electron chi connectivity index (χ2n) is 5.46. The third kappa shape index (κ3) is 6.39. The zero-order chi connectivity index (χ0) is 17.9. The minimum atomic E-state index is 0.479. The molecule has 0 bridgehead atoms. The van der Waals surface area contributed by atoms with Crippen LogP contribution in [0.2, 0.25) is 0 Å². The molecule has 2 N–H and O–H groups in total. The highest BCUT2D eigenvalue weighted by atomic mass is 32.1.